The number of halogens is 1. The monoisotopic (exact) mass is 385 g/mol. The maximum atomic E-state index is 13.2. The summed E-state index contributed by atoms with van der Waals surface area (Å²) in [5.41, 5.74) is 3.15. The summed E-state index contributed by atoms with van der Waals surface area (Å²) in [6.07, 6.45) is 4.29. The Morgan fingerprint density at radius 2 is 2.14 bits per heavy atom. The molecule has 1 unspecified atom stereocenters. The Morgan fingerprint density at radius 3 is 2.86 bits per heavy atom. The van der Waals surface area contributed by atoms with E-state index in [2.05, 4.69) is 22.2 Å². The third-order valence-electron chi connectivity index (χ3n) is 5.75. The predicted molar refractivity (Wildman–Crippen MR) is 107 cm³/mol. The van der Waals surface area contributed by atoms with Gasteiger partial charge in [0.05, 0.1) is 24.5 Å². The van der Waals surface area contributed by atoms with Gasteiger partial charge in [0.2, 0.25) is 0 Å². The van der Waals surface area contributed by atoms with Gasteiger partial charge in [0, 0.05) is 43.4 Å². The standard InChI is InChI=1S/C21H28FN5O/c1-3-23-20(26-10-8-21(14-26)9-11-28-15-21)24-12-17-13-27(25-16(17)2)19-6-4-18(22)5-7-19/h4-7,13H,3,8-12,14-15H2,1-2H3,(H,23,24). The van der Waals surface area contributed by atoms with Crippen molar-refractivity contribution in [3.63, 3.8) is 0 Å². The number of aryl methyl sites for hydroxylation is 1. The van der Waals surface area contributed by atoms with E-state index in [1.807, 2.05) is 13.1 Å². The van der Waals surface area contributed by atoms with Gasteiger partial charge in [0.25, 0.3) is 0 Å². The minimum absolute atomic E-state index is 0.246. The Kier molecular flexibility index (Phi) is 5.35. The molecule has 0 bridgehead atoms. The van der Waals surface area contributed by atoms with Gasteiger partial charge in [0.1, 0.15) is 5.82 Å². The average Bonchev–Trinajstić information content (AvgIpc) is 3.41. The molecule has 2 aromatic rings. The third-order valence-corrected chi connectivity index (χ3v) is 5.75. The molecular weight excluding hydrogens is 357 g/mol. The van der Waals surface area contributed by atoms with E-state index in [0.29, 0.717) is 12.0 Å². The highest BCUT2D eigenvalue weighted by Crippen LogP contribution is 2.38. The molecule has 0 amide bonds. The zero-order valence-corrected chi connectivity index (χ0v) is 16.6. The van der Waals surface area contributed by atoms with E-state index >= 15 is 0 Å². The van der Waals surface area contributed by atoms with Crippen LogP contribution in [0.3, 0.4) is 0 Å². The highest BCUT2D eigenvalue weighted by atomic mass is 19.1. The lowest BCUT2D eigenvalue weighted by Gasteiger charge is -2.24. The van der Waals surface area contributed by atoms with Crippen LogP contribution in [-0.4, -0.2) is 53.5 Å². The molecule has 0 aliphatic carbocycles. The lowest BCUT2D eigenvalue weighted by atomic mass is 9.87. The topological polar surface area (TPSA) is 54.7 Å². The van der Waals surface area contributed by atoms with Crippen LogP contribution in [0.25, 0.3) is 5.69 Å². The van der Waals surface area contributed by atoms with Crippen LogP contribution in [0.1, 0.15) is 31.0 Å². The van der Waals surface area contributed by atoms with Gasteiger partial charge in [0.15, 0.2) is 5.96 Å². The van der Waals surface area contributed by atoms with E-state index in [-0.39, 0.29) is 5.82 Å². The highest BCUT2D eigenvalue weighted by Gasteiger charge is 2.42. The number of ether oxygens (including phenoxy) is 1. The van der Waals surface area contributed by atoms with Crippen LogP contribution in [0.2, 0.25) is 0 Å². The minimum atomic E-state index is -0.246. The molecule has 7 heteroatoms. The molecule has 1 spiro atoms. The largest absolute Gasteiger partial charge is 0.381 e. The summed E-state index contributed by atoms with van der Waals surface area (Å²) in [5.74, 6) is 0.712. The summed E-state index contributed by atoms with van der Waals surface area (Å²) in [6.45, 7) is 9.25. The second kappa shape index (κ2) is 7.91. The van der Waals surface area contributed by atoms with E-state index in [1.54, 1.807) is 16.8 Å². The predicted octanol–water partition coefficient (Wildman–Crippen LogP) is 2.90. The quantitative estimate of drug-likeness (QED) is 0.650. The van der Waals surface area contributed by atoms with E-state index in [9.17, 15) is 4.39 Å². The molecule has 3 heterocycles. The Labute approximate surface area is 165 Å². The lowest BCUT2D eigenvalue weighted by Crippen LogP contribution is -2.41. The van der Waals surface area contributed by atoms with Crippen LogP contribution >= 0.6 is 0 Å². The highest BCUT2D eigenvalue weighted by molar-refractivity contribution is 5.80. The molecule has 1 atom stereocenters. The molecule has 2 aliphatic rings. The van der Waals surface area contributed by atoms with Gasteiger partial charge in [-0.3, -0.25) is 0 Å². The zero-order valence-electron chi connectivity index (χ0n) is 16.6. The molecule has 0 saturated carbocycles. The summed E-state index contributed by atoms with van der Waals surface area (Å²) >= 11 is 0. The fraction of sp³-hybridized carbons (Fsp3) is 0.524. The Bertz CT molecular complexity index is 839. The summed E-state index contributed by atoms with van der Waals surface area (Å²) in [4.78, 5) is 7.24. The number of hydrogen-bond acceptors (Lipinski definition) is 3. The fourth-order valence-corrected chi connectivity index (χ4v) is 4.05. The van der Waals surface area contributed by atoms with Crippen molar-refractivity contribution in [2.24, 2.45) is 10.4 Å². The fourth-order valence-electron chi connectivity index (χ4n) is 4.05. The summed E-state index contributed by atoms with van der Waals surface area (Å²) in [5, 5.41) is 8.00. The number of benzene rings is 1. The van der Waals surface area contributed by atoms with Gasteiger partial charge < -0.3 is 15.0 Å². The maximum absolute atomic E-state index is 13.2. The van der Waals surface area contributed by atoms with Gasteiger partial charge in [-0.1, -0.05) is 0 Å². The Hall–Kier alpha value is -2.41. The van der Waals surface area contributed by atoms with Gasteiger partial charge in [-0.25, -0.2) is 14.1 Å². The first kappa shape index (κ1) is 18.9. The van der Waals surface area contributed by atoms with Crippen LogP contribution in [0.15, 0.2) is 35.5 Å². The number of aliphatic imine (C=N–C) groups is 1. The van der Waals surface area contributed by atoms with Crippen molar-refractivity contribution < 1.29 is 9.13 Å². The number of aromatic nitrogens is 2. The number of likely N-dealkylation sites (tertiary alicyclic amines) is 1. The molecule has 28 heavy (non-hydrogen) atoms. The molecule has 4 rings (SSSR count). The minimum Gasteiger partial charge on any atom is -0.381 e. The molecule has 1 N–H and O–H groups in total. The second-order valence-electron chi connectivity index (χ2n) is 7.81. The third kappa shape index (κ3) is 3.90. The molecule has 150 valence electrons. The molecule has 0 radical (unpaired) electrons. The molecule has 6 nitrogen and oxygen atoms in total. The van der Waals surface area contributed by atoms with E-state index < -0.39 is 0 Å². The van der Waals surface area contributed by atoms with Crippen molar-refractivity contribution in [2.75, 3.05) is 32.8 Å². The Balaban J connectivity index is 1.49. The first-order valence-corrected chi connectivity index (χ1v) is 10.0. The first-order valence-electron chi connectivity index (χ1n) is 10.0. The van der Waals surface area contributed by atoms with Gasteiger partial charge in [-0.2, -0.15) is 5.10 Å². The number of nitrogens with zero attached hydrogens (tertiary/aromatic N) is 4. The molecular formula is C21H28FN5O. The van der Waals surface area contributed by atoms with Crippen molar-refractivity contribution in [1.82, 2.24) is 20.0 Å². The lowest BCUT2D eigenvalue weighted by molar-refractivity contribution is 0.156. The number of rotatable bonds is 4. The normalized spacial score (nSPS) is 22.4. The van der Waals surface area contributed by atoms with E-state index in [1.165, 1.54) is 18.6 Å². The molecule has 1 aromatic heterocycles. The van der Waals surface area contributed by atoms with Crippen molar-refractivity contribution >= 4 is 5.96 Å². The zero-order chi connectivity index (χ0) is 19.6. The van der Waals surface area contributed by atoms with Crippen LogP contribution in [0.4, 0.5) is 4.39 Å². The van der Waals surface area contributed by atoms with E-state index in [4.69, 9.17) is 9.73 Å². The number of guanidine groups is 1. The summed E-state index contributed by atoms with van der Waals surface area (Å²) < 4.78 is 20.6. The maximum Gasteiger partial charge on any atom is 0.194 e. The van der Waals surface area contributed by atoms with Crippen LogP contribution in [-0.2, 0) is 11.3 Å². The van der Waals surface area contributed by atoms with Crippen LogP contribution < -0.4 is 5.32 Å². The van der Waals surface area contributed by atoms with Gasteiger partial charge in [-0.15, -0.1) is 0 Å². The van der Waals surface area contributed by atoms with Crippen molar-refractivity contribution in [1.29, 1.82) is 0 Å². The van der Waals surface area contributed by atoms with Crippen molar-refractivity contribution in [3.05, 3.63) is 47.5 Å². The van der Waals surface area contributed by atoms with Gasteiger partial charge in [-0.05, 0) is 51.0 Å². The molecule has 1 aromatic carbocycles. The first-order chi connectivity index (χ1) is 13.6. The average molecular weight is 385 g/mol. The summed E-state index contributed by atoms with van der Waals surface area (Å²) in [6, 6.07) is 6.35. The Morgan fingerprint density at radius 1 is 1.32 bits per heavy atom. The SMILES string of the molecule is CCNC(=NCc1cn(-c2ccc(F)cc2)nc1C)N1CCC2(CCOC2)C1. The number of hydrogen-bond donors (Lipinski definition) is 1. The number of nitrogens with one attached hydrogen (secondary N) is 1. The van der Waals surface area contributed by atoms with Crippen LogP contribution in [0.5, 0.6) is 0 Å². The molecule has 2 saturated heterocycles. The second-order valence-corrected chi connectivity index (χ2v) is 7.81. The van der Waals surface area contributed by atoms with E-state index in [0.717, 1.165) is 62.2 Å². The smallest absolute Gasteiger partial charge is 0.194 e. The molecule has 2 fully saturated rings. The van der Waals surface area contributed by atoms with Gasteiger partial charge >= 0.3 is 0 Å². The van der Waals surface area contributed by atoms with Crippen molar-refractivity contribution in [3.8, 4) is 5.69 Å². The molecule has 2 aliphatic heterocycles. The van der Waals surface area contributed by atoms with Crippen LogP contribution in [0, 0.1) is 18.2 Å². The van der Waals surface area contributed by atoms with Crippen molar-refractivity contribution in [2.45, 2.75) is 33.2 Å². The summed E-state index contributed by atoms with van der Waals surface area (Å²) in [7, 11) is 0.